The second kappa shape index (κ2) is 117. The summed E-state index contributed by atoms with van der Waals surface area (Å²) >= 11 is 67.3. The molecule has 0 radical (unpaired) electrons. The largest absolute Gasteiger partial charge is 1.00 e. The van der Waals surface area contributed by atoms with Crippen LogP contribution in [0.5, 0.6) is 0 Å². The molecule has 8 atom stereocenters. The van der Waals surface area contributed by atoms with E-state index in [0.717, 1.165) is 213 Å². The fourth-order valence-corrected chi connectivity index (χ4v) is 14.2. The number of carboxylic acid groups (broad SMARTS) is 8. The van der Waals surface area contributed by atoms with Crippen LogP contribution in [0.15, 0.2) is 0 Å². The molecule has 0 aromatic carbocycles. The molecule has 0 saturated carbocycles. The van der Waals surface area contributed by atoms with E-state index in [-0.39, 0.29) is 229 Å². The average Bonchev–Trinajstić information content (AvgIpc) is 2.63. The summed E-state index contributed by atoms with van der Waals surface area (Å²) < 4.78 is 0. The van der Waals surface area contributed by atoms with Crippen LogP contribution in [-0.2, 0) is 38.4 Å². The van der Waals surface area contributed by atoms with Gasteiger partial charge in [0.1, 0.15) is 0 Å². The normalized spacial score (nSPS) is 12.1. The monoisotopic (exact) mass is 1800 g/mol. The topological polar surface area (TPSA) is 315 Å². The molecule has 8 unspecified atom stereocenters. The van der Waals surface area contributed by atoms with E-state index < -0.39 is 47.8 Å². The van der Waals surface area contributed by atoms with Crippen LogP contribution >= 0.6 is 202 Å². The Morgan fingerprint density at radius 3 is 0.373 bits per heavy atom. The first-order valence-electron chi connectivity index (χ1n) is 33.3. The summed E-state index contributed by atoms with van der Waals surface area (Å²) in [5.74, 6) is -0.407. The molecular weight excluding hydrogens is 1680 g/mol. The van der Waals surface area contributed by atoms with Crippen molar-refractivity contribution >= 4 is 250 Å². The predicted octanol–water partition coefficient (Wildman–Crippen LogP) is -7.99. The van der Waals surface area contributed by atoms with Crippen LogP contribution in [0.1, 0.15) is 257 Å². The Morgan fingerprint density at radius 1 is 0.196 bits per heavy atom. The summed E-state index contributed by atoms with van der Waals surface area (Å²) in [6.07, 6.45) is 30.4. The van der Waals surface area contributed by atoms with Gasteiger partial charge in [-0.25, -0.2) is 0 Å². The van der Waals surface area contributed by atoms with Gasteiger partial charge >= 0.3 is 189 Å². The van der Waals surface area contributed by atoms with Crippen molar-refractivity contribution in [2.24, 2.45) is 0 Å². The number of thiol groups is 16. The molecule has 0 saturated heterocycles. The summed E-state index contributed by atoms with van der Waals surface area (Å²) in [4.78, 5) is 80.4. The number of unbranched alkanes of at least 4 members (excludes halogenated alkanes) is 8. The van der Waals surface area contributed by atoms with Crippen LogP contribution in [0.3, 0.4) is 0 Å². The van der Waals surface area contributed by atoms with Gasteiger partial charge in [0.25, 0.3) is 0 Å². The SMILES string of the molecule is O=C(O)CCCCC(S)CCS.O=C(O)CCCCC(S)CCS.O=C([O-])CCCCC(S)CCS.O=C([O-])CCCCC(S)CCS.O=C([O-])CCCCC(S)CCS.O=C([O-])CCCCC(S)CCS.O=C([O-])CCCCC(S)CCS.O=C([O-])CCCCC(S)CCS.[Na+].[Na+].[Na+].[Na+].[Na+].[Na+]. The molecule has 0 fully saturated rings. The molecule has 0 spiro atoms. The minimum Gasteiger partial charge on any atom is -0.550 e. The minimum absolute atomic E-state index is 0. The maximum atomic E-state index is 10.1. The Hall–Kier alpha value is 7.36. The Bertz CT molecular complexity index is 1420. The number of hydrogen-bond donors (Lipinski definition) is 18. The first-order valence-corrected chi connectivity index (χ1v) is 42.5. The molecule has 0 bridgehead atoms. The third-order valence-corrected chi connectivity index (χ3v) is 19.3. The van der Waals surface area contributed by atoms with Crippen molar-refractivity contribution in [3.05, 3.63) is 0 Å². The second-order valence-electron chi connectivity index (χ2n) is 22.3. The fraction of sp³-hybridized carbons (Fsp3) is 0.875. The molecule has 0 aliphatic heterocycles. The first-order chi connectivity index (χ1) is 45.3. The van der Waals surface area contributed by atoms with Gasteiger partial charge in [-0.15, -0.1) is 0 Å². The maximum Gasteiger partial charge on any atom is 1.00 e. The van der Waals surface area contributed by atoms with E-state index in [9.17, 15) is 69.0 Å². The minimum atomic E-state index is -0.958. The first kappa shape index (κ1) is 141. The van der Waals surface area contributed by atoms with E-state index in [2.05, 4.69) is 202 Å². The third-order valence-electron chi connectivity index (χ3n) is 13.1. The molecule has 0 amide bonds. The Balaban J connectivity index is -0.0000000717. The van der Waals surface area contributed by atoms with E-state index in [1.807, 2.05) is 0 Å². The molecule has 2 N–H and O–H groups in total. The predicted molar refractivity (Wildman–Crippen MR) is 443 cm³/mol. The fourth-order valence-electron chi connectivity index (χ4n) is 7.56. The van der Waals surface area contributed by atoms with Crippen LogP contribution in [0, 0.1) is 0 Å². The zero-order valence-corrected chi connectivity index (χ0v) is 88.6. The van der Waals surface area contributed by atoms with Crippen molar-refractivity contribution in [3.8, 4) is 0 Å². The zero-order chi connectivity index (χ0) is 75.2. The summed E-state index contributed by atoms with van der Waals surface area (Å²) in [6.45, 7) is 0. The third kappa shape index (κ3) is 159. The quantitative estimate of drug-likeness (QED) is 0.0153. The van der Waals surface area contributed by atoms with Crippen LogP contribution in [0.2, 0.25) is 0 Å². The van der Waals surface area contributed by atoms with Gasteiger partial charge in [0.05, 0.1) is 0 Å². The van der Waals surface area contributed by atoms with Crippen LogP contribution in [0.25, 0.3) is 0 Å². The molecule has 0 aromatic rings. The number of aliphatic carboxylic acids is 8. The molecule has 0 heterocycles. The summed E-state index contributed by atoms with van der Waals surface area (Å²) in [6, 6.07) is 0. The van der Waals surface area contributed by atoms with Crippen molar-refractivity contribution in [1.29, 1.82) is 0 Å². The molecule has 0 aromatic heterocycles. The standard InChI is InChI=1S/8C8H16O2S2.6Na/c8*9-8(10)4-2-1-3-7(12)5-6-11;;;;;;/h8*7,11-12H,1-6H2,(H,9,10);;;;;;/q;;;;;;;;6*+1/p-6. The van der Waals surface area contributed by atoms with Crippen LogP contribution in [0.4, 0.5) is 0 Å². The van der Waals surface area contributed by atoms with Gasteiger partial charge in [-0.1, -0.05) is 51.4 Å². The van der Waals surface area contributed by atoms with E-state index in [4.69, 9.17) is 10.2 Å². The summed E-state index contributed by atoms with van der Waals surface area (Å²) in [5, 5.41) is 79.8. The summed E-state index contributed by atoms with van der Waals surface area (Å²) in [7, 11) is 0. The second-order valence-corrected chi connectivity index (χ2v) is 31.7. The molecule has 576 valence electrons. The average molecular weight is 1800 g/mol. The Labute approximate surface area is 837 Å². The van der Waals surface area contributed by atoms with Crippen molar-refractivity contribution in [1.82, 2.24) is 0 Å². The number of carboxylic acids is 8. The molecule has 16 nitrogen and oxygen atoms in total. The van der Waals surface area contributed by atoms with Crippen molar-refractivity contribution in [2.45, 2.75) is 299 Å². The molecular formula is C64H122Na6O16S16. The maximum absolute atomic E-state index is 10.1. The number of rotatable bonds is 56. The van der Waals surface area contributed by atoms with E-state index in [1.165, 1.54) is 0 Å². The van der Waals surface area contributed by atoms with Gasteiger partial charge in [-0.05, 0) is 239 Å². The van der Waals surface area contributed by atoms with Crippen LogP contribution < -0.4 is 208 Å². The number of hydrogen-bond acceptors (Lipinski definition) is 30. The number of carbonyl (C=O) groups is 8. The van der Waals surface area contributed by atoms with Gasteiger partial charge in [-0.3, -0.25) is 9.59 Å². The molecule has 38 heteroatoms. The molecule has 0 aliphatic carbocycles. The van der Waals surface area contributed by atoms with E-state index in [1.54, 1.807) is 0 Å². The van der Waals surface area contributed by atoms with Crippen LogP contribution in [-0.4, -0.2) is 146 Å². The van der Waals surface area contributed by atoms with Gasteiger partial charge < -0.3 is 69.6 Å². The molecule has 0 rings (SSSR count). The van der Waals surface area contributed by atoms with Crippen molar-refractivity contribution < 1.29 is 257 Å². The van der Waals surface area contributed by atoms with Gasteiger partial charge in [0.15, 0.2) is 0 Å². The van der Waals surface area contributed by atoms with Gasteiger partial charge in [0.2, 0.25) is 0 Å². The number of carbonyl (C=O) groups excluding carboxylic acids is 6. The summed E-state index contributed by atoms with van der Waals surface area (Å²) in [5.41, 5.74) is 0. The van der Waals surface area contributed by atoms with Gasteiger partial charge in [0, 0.05) is 90.7 Å². The van der Waals surface area contributed by atoms with E-state index >= 15 is 0 Å². The van der Waals surface area contributed by atoms with Gasteiger partial charge in [-0.2, -0.15) is 202 Å². The molecule has 0 aliphatic rings. The van der Waals surface area contributed by atoms with E-state index in [0.29, 0.717) is 80.5 Å². The Morgan fingerprint density at radius 2 is 0.294 bits per heavy atom. The van der Waals surface area contributed by atoms with Crippen molar-refractivity contribution in [3.63, 3.8) is 0 Å². The van der Waals surface area contributed by atoms with Crippen molar-refractivity contribution in [2.75, 3.05) is 46.0 Å². The smallest absolute Gasteiger partial charge is 0.550 e. The zero-order valence-electron chi connectivity index (χ0n) is 62.3. The molecule has 102 heavy (non-hydrogen) atoms. The Kier molecular flexibility index (Phi) is 162.